The van der Waals surface area contributed by atoms with E-state index >= 15 is 0 Å². The highest BCUT2D eigenvalue weighted by Gasteiger charge is 2.19. The minimum Gasteiger partial charge on any atom is -0.381 e. The van der Waals surface area contributed by atoms with Gasteiger partial charge < -0.3 is 5.73 Å². The highest BCUT2D eigenvalue weighted by atomic mass is 19.1. The fraction of sp³-hybridized carbons (Fsp3) is 0. The van der Waals surface area contributed by atoms with E-state index in [4.69, 9.17) is 11.0 Å². The van der Waals surface area contributed by atoms with Gasteiger partial charge in [0.25, 0.3) is 0 Å². The van der Waals surface area contributed by atoms with Crippen molar-refractivity contribution in [1.29, 1.82) is 5.26 Å². The number of hydrogen-bond donors (Lipinski definition) is 3. The van der Waals surface area contributed by atoms with Crippen LogP contribution in [-0.2, 0) is 0 Å². The monoisotopic (exact) mass is 321 g/mol. The van der Waals surface area contributed by atoms with Crippen molar-refractivity contribution in [3.8, 4) is 28.8 Å². The molecule has 0 aliphatic carbocycles. The van der Waals surface area contributed by atoms with Crippen molar-refractivity contribution >= 4 is 16.7 Å². The number of rotatable bonds is 2. The van der Waals surface area contributed by atoms with Gasteiger partial charge in [0.05, 0.1) is 6.20 Å². The van der Waals surface area contributed by atoms with E-state index in [9.17, 15) is 4.39 Å². The molecule has 4 rings (SSSR count). The lowest BCUT2D eigenvalue weighted by atomic mass is 10.1. The first-order chi connectivity index (χ1) is 11.7. The molecule has 0 aliphatic heterocycles. The number of anilines is 1. The first-order valence-electron chi connectivity index (χ1n) is 6.73. The molecule has 0 saturated carbocycles. The number of fused-ring (bicyclic) bond motifs is 1. The van der Waals surface area contributed by atoms with Crippen LogP contribution in [0.2, 0.25) is 0 Å². The summed E-state index contributed by atoms with van der Waals surface area (Å²) in [5, 5.41) is 22.5. The van der Waals surface area contributed by atoms with E-state index in [2.05, 4.69) is 35.3 Å². The van der Waals surface area contributed by atoms with Crippen molar-refractivity contribution in [2.75, 3.05) is 5.73 Å². The molecule has 0 saturated heterocycles. The van der Waals surface area contributed by atoms with Crippen LogP contribution in [0, 0.1) is 17.1 Å². The summed E-state index contributed by atoms with van der Waals surface area (Å²) in [6.45, 7) is 0. The highest BCUT2D eigenvalue weighted by Crippen LogP contribution is 2.31. The van der Waals surface area contributed by atoms with Gasteiger partial charge in [-0.25, -0.2) is 19.3 Å². The predicted octanol–water partition coefficient (Wildman–Crippen LogP) is 1.40. The van der Waals surface area contributed by atoms with Gasteiger partial charge >= 0.3 is 0 Å². The van der Waals surface area contributed by atoms with E-state index in [0.717, 1.165) is 0 Å². The van der Waals surface area contributed by atoms with Crippen molar-refractivity contribution in [2.24, 2.45) is 0 Å². The minimum absolute atomic E-state index is 0.0440. The van der Waals surface area contributed by atoms with Crippen LogP contribution in [0.3, 0.4) is 0 Å². The molecule has 0 fully saturated rings. The van der Waals surface area contributed by atoms with Gasteiger partial charge in [0.15, 0.2) is 17.3 Å². The number of nitrogens with one attached hydrogen (secondary N) is 2. The number of hydrogen-bond acceptors (Lipinski definition) is 7. The molecular weight excluding hydrogens is 313 g/mol. The number of nitrogens with zero attached hydrogens (tertiary/aromatic N) is 6. The molecule has 24 heavy (non-hydrogen) atoms. The zero-order valence-electron chi connectivity index (χ0n) is 11.9. The van der Waals surface area contributed by atoms with Gasteiger partial charge in [0.1, 0.15) is 35.1 Å². The van der Waals surface area contributed by atoms with Crippen LogP contribution < -0.4 is 5.73 Å². The lowest BCUT2D eigenvalue weighted by Crippen LogP contribution is -2.04. The lowest BCUT2D eigenvalue weighted by Gasteiger charge is -2.08. The van der Waals surface area contributed by atoms with Crippen LogP contribution in [0.25, 0.3) is 33.7 Å². The van der Waals surface area contributed by atoms with E-state index < -0.39 is 5.82 Å². The number of H-pyrrole nitrogens is 2. The standard InChI is InChI=1S/C14H8FN9/c15-8-2-6(1-7-4-19-23-10(7)8)11-12(14-18-5-20-24-14)22-13(17)9(3-16)21-11/h1-2,4-5H,(H2,17,22)(H,19,23)(H,18,20,24). The zero-order valence-corrected chi connectivity index (χ0v) is 11.9. The van der Waals surface area contributed by atoms with Gasteiger partial charge in [-0.3, -0.25) is 10.2 Å². The van der Waals surface area contributed by atoms with Crippen LogP contribution in [0.1, 0.15) is 5.69 Å². The number of nitrogens with two attached hydrogens (primary N) is 1. The average Bonchev–Trinajstić information content (AvgIpc) is 3.26. The van der Waals surface area contributed by atoms with Crippen LogP contribution >= 0.6 is 0 Å². The lowest BCUT2D eigenvalue weighted by molar-refractivity contribution is 0.636. The summed E-state index contributed by atoms with van der Waals surface area (Å²) < 4.78 is 14.3. The fourth-order valence-corrected chi connectivity index (χ4v) is 2.37. The first-order valence-corrected chi connectivity index (χ1v) is 6.73. The smallest absolute Gasteiger partial charge is 0.183 e. The Labute approximate surface area is 133 Å². The van der Waals surface area contributed by atoms with Crippen LogP contribution in [0.5, 0.6) is 0 Å². The highest BCUT2D eigenvalue weighted by molar-refractivity contribution is 5.87. The Bertz CT molecular complexity index is 1090. The second kappa shape index (κ2) is 5.10. The van der Waals surface area contributed by atoms with Crippen LogP contribution in [-0.4, -0.2) is 35.3 Å². The largest absolute Gasteiger partial charge is 0.381 e. The third-order valence-electron chi connectivity index (χ3n) is 3.44. The molecular formula is C14H8FN9. The number of nitriles is 1. The van der Waals surface area contributed by atoms with Crippen molar-refractivity contribution in [3.63, 3.8) is 0 Å². The molecule has 0 radical (unpaired) electrons. The van der Waals surface area contributed by atoms with E-state index in [-0.39, 0.29) is 28.4 Å². The molecule has 0 unspecified atom stereocenters. The fourth-order valence-electron chi connectivity index (χ4n) is 2.37. The van der Waals surface area contributed by atoms with E-state index in [1.165, 1.54) is 18.6 Å². The summed E-state index contributed by atoms with van der Waals surface area (Å²) in [5.41, 5.74) is 6.92. The maximum atomic E-state index is 14.3. The zero-order chi connectivity index (χ0) is 16.7. The summed E-state index contributed by atoms with van der Waals surface area (Å²) in [5.74, 6) is -0.237. The average molecular weight is 321 g/mol. The third-order valence-corrected chi connectivity index (χ3v) is 3.44. The summed E-state index contributed by atoms with van der Waals surface area (Å²) in [7, 11) is 0. The molecule has 0 aliphatic rings. The van der Waals surface area contributed by atoms with E-state index in [1.54, 1.807) is 6.07 Å². The Hall–Kier alpha value is -3.87. The molecule has 116 valence electrons. The SMILES string of the molecule is N#Cc1nc(-c2cc(F)c3[nH]ncc3c2)c(-c2ncn[nH]2)nc1N. The number of halogens is 1. The normalized spacial score (nSPS) is 10.8. The number of aromatic nitrogens is 7. The maximum Gasteiger partial charge on any atom is 0.183 e. The molecule has 0 bridgehead atoms. The molecule has 3 heterocycles. The van der Waals surface area contributed by atoms with Gasteiger partial charge in [-0.15, -0.1) is 0 Å². The molecule has 1 aromatic carbocycles. The summed E-state index contributed by atoms with van der Waals surface area (Å²) >= 11 is 0. The summed E-state index contributed by atoms with van der Waals surface area (Å²) in [6.07, 6.45) is 2.79. The number of benzene rings is 1. The van der Waals surface area contributed by atoms with Gasteiger partial charge in [0.2, 0.25) is 0 Å². The Kier molecular flexibility index (Phi) is 2.92. The van der Waals surface area contributed by atoms with Crippen LogP contribution in [0.15, 0.2) is 24.7 Å². The van der Waals surface area contributed by atoms with Crippen LogP contribution in [0.4, 0.5) is 10.2 Å². The summed E-state index contributed by atoms with van der Waals surface area (Å²) in [4.78, 5) is 12.4. The molecule has 4 N–H and O–H groups in total. The molecule has 4 aromatic rings. The number of nitrogen functional groups attached to an aromatic ring is 1. The third kappa shape index (κ3) is 2.03. The first kappa shape index (κ1) is 13.8. The Morgan fingerprint density at radius 1 is 1.12 bits per heavy atom. The van der Waals surface area contributed by atoms with E-state index in [1.807, 2.05) is 6.07 Å². The Morgan fingerprint density at radius 3 is 2.75 bits per heavy atom. The summed E-state index contributed by atoms with van der Waals surface area (Å²) in [6, 6.07) is 4.83. The van der Waals surface area contributed by atoms with Crippen molar-refractivity contribution in [2.45, 2.75) is 0 Å². The molecule has 0 atom stereocenters. The second-order valence-electron chi connectivity index (χ2n) is 4.89. The maximum absolute atomic E-state index is 14.3. The molecule has 0 spiro atoms. The molecule has 3 aromatic heterocycles. The quantitative estimate of drug-likeness (QED) is 0.505. The van der Waals surface area contributed by atoms with Gasteiger partial charge in [-0.2, -0.15) is 15.5 Å². The molecule has 10 heteroatoms. The Morgan fingerprint density at radius 2 is 2.00 bits per heavy atom. The van der Waals surface area contributed by atoms with Crippen molar-refractivity contribution in [3.05, 3.63) is 36.2 Å². The number of aromatic amines is 2. The molecule has 0 amide bonds. The van der Waals surface area contributed by atoms with Gasteiger partial charge in [-0.1, -0.05) is 0 Å². The minimum atomic E-state index is -0.499. The van der Waals surface area contributed by atoms with Crippen molar-refractivity contribution < 1.29 is 4.39 Å². The van der Waals surface area contributed by atoms with Crippen molar-refractivity contribution in [1.82, 2.24) is 35.3 Å². The van der Waals surface area contributed by atoms with Gasteiger partial charge in [-0.05, 0) is 12.1 Å². The predicted molar refractivity (Wildman–Crippen MR) is 81.6 cm³/mol. The Balaban J connectivity index is 2.03. The van der Waals surface area contributed by atoms with Gasteiger partial charge in [0, 0.05) is 10.9 Å². The van der Waals surface area contributed by atoms with E-state index in [0.29, 0.717) is 16.8 Å². The second-order valence-corrected chi connectivity index (χ2v) is 4.89. The molecule has 9 nitrogen and oxygen atoms in total. The topological polar surface area (TPSA) is 146 Å².